The maximum atomic E-state index is 12.8. The van der Waals surface area contributed by atoms with Gasteiger partial charge in [-0.2, -0.15) is 13.2 Å². The molecule has 2 rings (SSSR count). The summed E-state index contributed by atoms with van der Waals surface area (Å²) < 4.78 is 43.4. The second-order valence-electron chi connectivity index (χ2n) is 5.67. The van der Waals surface area contributed by atoms with Gasteiger partial charge in [0.2, 0.25) is 5.91 Å². The minimum absolute atomic E-state index is 0.0829. The molecule has 0 heterocycles. The highest BCUT2D eigenvalue weighted by atomic mass is 19.4. The largest absolute Gasteiger partial charge is 0.416 e. The van der Waals surface area contributed by atoms with Crippen LogP contribution in [-0.2, 0) is 28.7 Å². The van der Waals surface area contributed by atoms with Gasteiger partial charge in [-0.05, 0) is 17.2 Å². The SMILES string of the molecule is COCCN(Cc1ccccc1)C(=O)Cc1cccc(C(F)(F)F)c1. The molecule has 25 heavy (non-hydrogen) atoms. The smallest absolute Gasteiger partial charge is 0.383 e. The lowest BCUT2D eigenvalue weighted by molar-refractivity contribution is -0.138. The molecule has 0 fully saturated rings. The molecule has 0 aliphatic carbocycles. The molecule has 2 aromatic carbocycles. The topological polar surface area (TPSA) is 29.5 Å². The molecule has 0 radical (unpaired) electrons. The van der Waals surface area contributed by atoms with E-state index in [1.54, 1.807) is 4.90 Å². The van der Waals surface area contributed by atoms with Crippen LogP contribution in [0.25, 0.3) is 0 Å². The van der Waals surface area contributed by atoms with Gasteiger partial charge in [0.05, 0.1) is 18.6 Å². The van der Waals surface area contributed by atoms with Crippen LogP contribution in [0.4, 0.5) is 13.2 Å². The number of ether oxygens (including phenoxy) is 1. The van der Waals surface area contributed by atoms with Crippen LogP contribution in [0.1, 0.15) is 16.7 Å². The zero-order chi connectivity index (χ0) is 18.3. The zero-order valence-electron chi connectivity index (χ0n) is 13.9. The summed E-state index contributed by atoms with van der Waals surface area (Å²) in [5, 5.41) is 0. The number of rotatable bonds is 7. The predicted octanol–water partition coefficient (Wildman–Crippen LogP) is 3.92. The Bertz CT molecular complexity index is 687. The maximum Gasteiger partial charge on any atom is 0.416 e. The third-order valence-corrected chi connectivity index (χ3v) is 3.74. The first-order chi connectivity index (χ1) is 11.9. The monoisotopic (exact) mass is 351 g/mol. The van der Waals surface area contributed by atoms with Gasteiger partial charge in [0.15, 0.2) is 0 Å². The lowest BCUT2D eigenvalue weighted by Gasteiger charge is -2.23. The van der Waals surface area contributed by atoms with Gasteiger partial charge in [-0.3, -0.25) is 4.79 Å². The van der Waals surface area contributed by atoms with Crippen molar-refractivity contribution in [2.75, 3.05) is 20.3 Å². The van der Waals surface area contributed by atoms with E-state index < -0.39 is 11.7 Å². The first-order valence-corrected chi connectivity index (χ1v) is 7.87. The fraction of sp³-hybridized carbons (Fsp3) is 0.316. The molecule has 0 aliphatic rings. The second kappa shape index (κ2) is 8.67. The number of amides is 1. The number of alkyl halides is 3. The third kappa shape index (κ3) is 5.90. The summed E-state index contributed by atoms with van der Waals surface area (Å²) in [4.78, 5) is 14.2. The molecule has 134 valence electrons. The molecule has 0 unspecified atom stereocenters. The average Bonchev–Trinajstić information content (AvgIpc) is 2.59. The van der Waals surface area contributed by atoms with Gasteiger partial charge in [-0.15, -0.1) is 0 Å². The summed E-state index contributed by atoms with van der Waals surface area (Å²) in [6, 6.07) is 14.3. The summed E-state index contributed by atoms with van der Waals surface area (Å²) in [5.41, 5.74) is 0.551. The Morgan fingerprint density at radius 3 is 2.36 bits per heavy atom. The molecule has 2 aromatic rings. The Morgan fingerprint density at radius 1 is 1.04 bits per heavy atom. The molecule has 0 N–H and O–H groups in total. The van der Waals surface area contributed by atoms with E-state index in [9.17, 15) is 18.0 Å². The Balaban J connectivity index is 2.11. The molecule has 6 heteroatoms. The fourth-order valence-corrected chi connectivity index (χ4v) is 2.44. The van der Waals surface area contributed by atoms with E-state index in [0.717, 1.165) is 17.7 Å². The molecular formula is C19H20F3NO2. The van der Waals surface area contributed by atoms with Crippen molar-refractivity contribution in [2.45, 2.75) is 19.1 Å². The van der Waals surface area contributed by atoms with Crippen molar-refractivity contribution >= 4 is 5.91 Å². The molecule has 0 bridgehead atoms. The van der Waals surface area contributed by atoms with Gasteiger partial charge < -0.3 is 9.64 Å². The standard InChI is InChI=1S/C19H20F3NO2/c1-25-11-10-23(14-15-6-3-2-4-7-15)18(24)13-16-8-5-9-17(12-16)19(20,21)22/h2-9,12H,10-11,13-14H2,1H3. The highest BCUT2D eigenvalue weighted by Gasteiger charge is 2.30. The Kier molecular flexibility index (Phi) is 6.58. The van der Waals surface area contributed by atoms with Crippen LogP contribution in [0.2, 0.25) is 0 Å². The molecule has 3 nitrogen and oxygen atoms in total. The number of carbonyl (C=O) groups is 1. The molecule has 1 amide bonds. The van der Waals surface area contributed by atoms with Crippen LogP contribution in [-0.4, -0.2) is 31.1 Å². The van der Waals surface area contributed by atoms with E-state index in [4.69, 9.17) is 4.74 Å². The van der Waals surface area contributed by atoms with Crippen LogP contribution in [0.15, 0.2) is 54.6 Å². The quantitative estimate of drug-likeness (QED) is 0.757. The van der Waals surface area contributed by atoms with Crippen molar-refractivity contribution in [3.8, 4) is 0 Å². The minimum Gasteiger partial charge on any atom is -0.383 e. The van der Waals surface area contributed by atoms with Crippen molar-refractivity contribution in [3.05, 3.63) is 71.3 Å². The van der Waals surface area contributed by atoms with E-state index in [1.807, 2.05) is 30.3 Å². The van der Waals surface area contributed by atoms with Crippen molar-refractivity contribution in [1.29, 1.82) is 0 Å². The molecule has 0 aromatic heterocycles. The van der Waals surface area contributed by atoms with E-state index in [1.165, 1.54) is 19.2 Å². The number of carbonyl (C=O) groups excluding carboxylic acids is 1. The summed E-state index contributed by atoms with van der Waals surface area (Å²) >= 11 is 0. The third-order valence-electron chi connectivity index (χ3n) is 3.74. The van der Waals surface area contributed by atoms with Crippen molar-refractivity contribution in [3.63, 3.8) is 0 Å². The molecule has 0 spiro atoms. The maximum absolute atomic E-state index is 12.8. The number of benzene rings is 2. The van der Waals surface area contributed by atoms with Crippen molar-refractivity contribution in [1.82, 2.24) is 4.90 Å². The van der Waals surface area contributed by atoms with Crippen molar-refractivity contribution in [2.24, 2.45) is 0 Å². The predicted molar refractivity (Wildman–Crippen MR) is 88.9 cm³/mol. The van der Waals surface area contributed by atoms with Crippen LogP contribution in [0.5, 0.6) is 0 Å². The molecular weight excluding hydrogens is 331 g/mol. The molecule has 0 saturated carbocycles. The van der Waals surface area contributed by atoms with Gasteiger partial charge in [0, 0.05) is 20.2 Å². The van der Waals surface area contributed by atoms with Gasteiger partial charge in [0.1, 0.15) is 0 Å². The van der Waals surface area contributed by atoms with Crippen LogP contribution in [0.3, 0.4) is 0 Å². The lowest BCUT2D eigenvalue weighted by Crippen LogP contribution is -2.34. The Labute approximate surface area is 145 Å². The van der Waals surface area contributed by atoms with Gasteiger partial charge >= 0.3 is 6.18 Å². The number of methoxy groups -OCH3 is 1. The van der Waals surface area contributed by atoms with Crippen LogP contribution >= 0.6 is 0 Å². The molecule has 0 aliphatic heterocycles. The molecule has 0 saturated heterocycles. The number of hydrogen-bond acceptors (Lipinski definition) is 2. The van der Waals surface area contributed by atoms with Crippen LogP contribution in [0, 0.1) is 0 Å². The lowest BCUT2D eigenvalue weighted by atomic mass is 10.1. The first kappa shape index (κ1) is 19.0. The van der Waals surface area contributed by atoms with Crippen LogP contribution < -0.4 is 0 Å². The number of nitrogens with zero attached hydrogens (tertiary/aromatic N) is 1. The Morgan fingerprint density at radius 2 is 1.72 bits per heavy atom. The first-order valence-electron chi connectivity index (χ1n) is 7.87. The van der Waals surface area contributed by atoms with E-state index in [2.05, 4.69) is 0 Å². The normalized spacial score (nSPS) is 11.4. The highest BCUT2D eigenvalue weighted by Crippen LogP contribution is 2.29. The van der Waals surface area contributed by atoms with E-state index in [0.29, 0.717) is 25.3 Å². The van der Waals surface area contributed by atoms with Gasteiger partial charge in [-0.1, -0.05) is 48.5 Å². The summed E-state index contributed by atoms with van der Waals surface area (Å²) in [7, 11) is 1.54. The number of halogens is 3. The van der Waals surface area contributed by atoms with Gasteiger partial charge in [0.25, 0.3) is 0 Å². The Hall–Kier alpha value is -2.34. The summed E-state index contributed by atoms with van der Waals surface area (Å²) in [6.45, 7) is 1.13. The second-order valence-corrected chi connectivity index (χ2v) is 5.67. The van der Waals surface area contributed by atoms with E-state index >= 15 is 0 Å². The zero-order valence-corrected chi connectivity index (χ0v) is 13.9. The average molecular weight is 351 g/mol. The fourth-order valence-electron chi connectivity index (χ4n) is 2.44. The molecule has 0 atom stereocenters. The number of hydrogen-bond donors (Lipinski definition) is 0. The summed E-state index contributed by atoms with van der Waals surface area (Å²) in [6.07, 6.45) is -4.50. The van der Waals surface area contributed by atoms with Crippen molar-refractivity contribution < 1.29 is 22.7 Å². The minimum atomic E-state index is -4.42. The van der Waals surface area contributed by atoms with Gasteiger partial charge in [-0.25, -0.2) is 0 Å². The van der Waals surface area contributed by atoms with E-state index in [-0.39, 0.29) is 12.3 Å². The summed E-state index contributed by atoms with van der Waals surface area (Å²) in [5.74, 6) is -0.236. The highest BCUT2D eigenvalue weighted by molar-refractivity contribution is 5.78.